The summed E-state index contributed by atoms with van der Waals surface area (Å²) in [5.41, 5.74) is 4.25. The number of rotatable bonds is 4. The number of imidazole rings is 1. The van der Waals surface area contributed by atoms with Crippen molar-refractivity contribution in [2.24, 2.45) is 17.9 Å². The SMILES string of the molecule is Cn1c(=O)n(CC(C)(C)C)c2ccc(C3CCC(C)(C)C(NC(=O)c4cncs4)C3)nc21. The van der Waals surface area contributed by atoms with E-state index in [1.54, 1.807) is 23.3 Å². The number of pyridine rings is 1. The number of nitrogens with zero attached hydrogens (tertiary/aromatic N) is 4. The molecule has 0 bridgehead atoms. The number of carbonyl (C=O) groups excluding carboxylic acids is 1. The van der Waals surface area contributed by atoms with Crippen molar-refractivity contribution >= 4 is 28.4 Å². The molecule has 0 saturated heterocycles. The van der Waals surface area contributed by atoms with Crippen LogP contribution in [-0.2, 0) is 13.6 Å². The van der Waals surface area contributed by atoms with Crippen molar-refractivity contribution < 1.29 is 4.79 Å². The van der Waals surface area contributed by atoms with Crippen LogP contribution in [0.25, 0.3) is 11.2 Å². The zero-order valence-electron chi connectivity index (χ0n) is 19.8. The van der Waals surface area contributed by atoms with Crippen LogP contribution in [0.2, 0.25) is 0 Å². The Morgan fingerprint density at radius 2 is 2.06 bits per heavy atom. The second-order valence-electron chi connectivity index (χ2n) is 10.9. The van der Waals surface area contributed by atoms with E-state index in [2.05, 4.69) is 51.0 Å². The number of thiazole rings is 1. The lowest BCUT2D eigenvalue weighted by Gasteiger charge is -2.42. The van der Waals surface area contributed by atoms with Gasteiger partial charge >= 0.3 is 5.69 Å². The number of amides is 1. The Morgan fingerprint density at radius 3 is 2.72 bits per heavy atom. The average molecular weight is 456 g/mol. The molecule has 2 atom stereocenters. The number of hydrogen-bond donors (Lipinski definition) is 1. The first kappa shape index (κ1) is 22.7. The molecule has 32 heavy (non-hydrogen) atoms. The van der Waals surface area contributed by atoms with Gasteiger partial charge in [0.05, 0.1) is 17.2 Å². The molecule has 8 heteroatoms. The molecule has 0 aromatic carbocycles. The standard InChI is InChI=1S/C24H33N5O2S/c1-23(2,3)13-29-17-8-7-16(26-20(17)28(6)22(29)31)15-9-10-24(4,5)19(11-15)27-21(30)18-12-25-14-32-18/h7-8,12,14-15,19H,9-11,13H2,1-6H3,(H,27,30). The molecule has 1 amide bonds. The van der Waals surface area contributed by atoms with Crippen molar-refractivity contribution in [3.63, 3.8) is 0 Å². The van der Waals surface area contributed by atoms with Crippen molar-refractivity contribution in [2.45, 2.75) is 72.4 Å². The highest BCUT2D eigenvalue weighted by molar-refractivity contribution is 7.11. The fourth-order valence-corrected chi connectivity index (χ4v) is 5.19. The van der Waals surface area contributed by atoms with Crippen molar-refractivity contribution in [3.8, 4) is 0 Å². The summed E-state index contributed by atoms with van der Waals surface area (Å²) in [4.78, 5) is 35.1. The Labute approximate surface area is 192 Å². The van der Waals surface area contributed by atoms with Crippen molar-refractivity contribution in [3.05, 3.63) is 44.9 Å². The quantitative estimate of drug-likeness (QED) is 0.635. The third kappa shape index (κ3) is 4.37. The molecular formula is C24H33N5O2S. The minimum atomic E-state index is -0.0590. The van der Waals surface area contributed by atoms with E-state index in [4.69, 9.17) is 4.98 Å². The number of aryl methyl sites for hydroxylation is 1. The number of carbonyl (C=O) groups is 1. The van der Waals surface area contributed by atoms with E-state index in [-0.39, 0.29) is 34.4 Å². The molecule has 1 fully saturated rings. The summed E-state index contributed by atoms with van der Waals surface area (Å²) in [7, 11) is 1.79. The topological polar surface area (TPSA) is 81.8 Å². The van der Waals surface area contributed by atoms with Crippen LogP contribution in [0.1, 0.15) is 75.2 Å². The number of aromatic nitrogens is 4. The minimum absolute atomic E-state index is 0.00381. The van der Waals surface area contributed by atoms with Crippen molar-refractivity contribution in [1.82, 2.24) is 24.4 Å². The largest absolute Gasteiger partial charge is 0.348 e. The first-order valence-electron chi connectivity index (χ1n) is 11.2. The maximum Gasteiger partial charge on any atom is 0.330 e. The van der Waals surface area contributed by atoms with E-state index in [1.165, 1.54) is 11.3 Å². The molecule has 3 heterocycles. The van der Waals surface area contributed by atoms with E-state index >= 15 is 0 Å². The van der Waals surface area contributed by atoms with Gasteiger partial charge in [-0.15, -0.1) is 11.3 Å². The van der Waals surface area contributed by atoms with Crippen molar-refractivity contribution in [2.75, 3.05) is 0 Å². The molecule has 7 nitrogen and oxygen atoms in total. The summed E-state index contributed by atoms with van der Waals surface area (Å²) >= 11 is 1.36. The van der Waals surface area contributed by atoms with Crippen molar-refractivity contribution in [1.29, 1.82) is 0 Å². The molecule has 4 rings (SSSR count). The first-order valence-corrected chi connectivity index (χ1v) is 12.1. The van der Waals surface area contributed by atoms with E-state index in [1.807, 2.05) is 10.6 Å². The third-order valence-electron chi connectivity index (χ3n) is 6.62. The first-order chi connectivity index (χ1) is 15.0. The second-order valence-corrected chi connectivity index (χ2v) is 11.8. The lowest BCUT2D eigenvalue weighted by Crippen LogP contribution is -2.48. The summed E-state index contributed by atoms with van der Waals surface area (Å²) in [6.45, 7) is 11.5. The Bertz CT molecular complexity index is 1180. The zero-order valence-corrected chi connectivity index (χ0v) is 20.6. The van der Waals surface area contributed by atoms with E-state index < -0.39 is 0 Å². The maximum atomic E-state index is 12.9. The molecule has 0 spiro atoms. The number of fused-ring (bicyclic) bond motifs is 1. The Hall–Kier alpha value is -2.48. The molecule has 1 aliphatic rings. The third-order valence-corrected chi connectivity index (χ3v) is 7.39. The molecule has 3 aromatic rings. The predicted octanol–water partition coefficient (Wildman–Crippen LogP) is 4.33. The average Bonchev–Trinajstić information content (AvgIpc) is 3.33. The summed E-state index contributed by atoms with van der Waals surface area (Å²) in [6.07, 6.45) is 4.45. The molecule has 2 unspecified atom stereocenters. The second kappa shape index (κ2) is 8.14. The van der Waals surface area contributed by atoms with Crippen LogP contribution in [-0.4, -0.2) is 31.1 Å². The summed E-state index contributed by atoms with van der Waals surface area (Å²) in [5.74, 6) is 0.177. The van der Waals surface area contributed by atoms with Crippen LogP contribution in [0.3, 0.4) is 0 Å². The highest BCUT2D eigenvalue weighted by Gasteiger charge is 2.38. The molecule has 0 aliphatic heterocycles. The molecule has 1 aliphatic carbocycles. The molecular weight excluding hydrogens is 422 g/mol. The summed E-state index contributed by atoms with van der Waals surface area (Å²) in [5, 5.41) is 3.24. The van der Waals surface area contributed by atoms with E-state index in [0.717, 1.165) is 36.1 Å². The lowest BCUT2D eigenvalue weighted by molar-refractivity contribution is 0.0840. The molecule has 1 saturated carbocycles. The van der Waals surface area contributed by atoms with Gasteiger partial charge in [0.1, 0.15) is 4.88 Å². The lowest BCUT2D eigenvalue weighted by atomic mass is 9.68. The van der Waals surface area contributed by atoms with Crippen LogP contribution in [0.5, 0.6) is 0 Å². The Kier molecular flexibility index (Phi) is 5.77. The monoisotopic (exact) mass is 455 g/mol. The Balaban J connectivity index is 1.61. The molecule has 172 valence electrons. The van der Waals surface area contributed by atoms with Gasteiger partial charge in [-0.2, -0.15) is 0 Å². The van der Waals surface area contributed by atoms with Gasteiger partial charge in [-0.25, -0.2) is 9.78 Å². The van der Waals surface area contributed by atoms with Gasteiger partial charge in [0.2, 0.25) is 0 Å². The zero-order chi connectivity index (χ0) is 23.3. The summed E-state index contributed by atoms with van der Waals surface area (Å²) in [6, 6.07) is 4.14. The van der Waals surface area contributed by atoms with Gasteiger partial charge in [-0.1, -0.05) is 34.6 Å². The fraction of sp³-hybridized carbons (Fsp3) is 0.583. The molecule has 1 N–H and O–H groups in total. The normalized spacial score (nSPS) is 21.1. The van der Waals surface area contributed by atoms with Crippen LogP contribution >= 0.6 is 11.3 Å². The minimum Gasteiger partial charge on any atom is -0.348 e. The number of nitrogens with one attached hydrogen (secondary N) is 1. The van der Waals surface area contributed by atoms with Gasteiger partial charge in [-0.05, 0) is 42.2 Å². The molecule has 0 radical (unpaired) electrons. The molecule has 3 aromatic heterocycles. The highest BCUT2D eigenvalue weighted by atomic mass is 32.1. The van der Waals surface area contributed by atoms with Gasteiger partial charge in [0, 0.05) is 31.2 Å². The fourth-order valence-electron chi connectivity index (χ4n) is 4.66. The van der Waals surface area contributed by atoms with Gasteiger partial charge in [0.15, 0.2) is 5.65 Å². The van der Waals surface area contributed by atoms with E-state index in [9.17, 15) is 9.59 Å². The van der Waals surface area contributed by atoms with Gasteiger partial charge < -0.3 is 5.32 Å². The summed E-state index contributed by atoms with van der Waals surface area (Å²) < 4.78 is 3.48. The van der Waals surface area contributed by atoms with Gasteiger partial charge in [0.25, 0.3) is 5.91 Å². The van der Waals surface area contributed by atoms with Gasteiger partial charge in [-0.3, -0.25) is 18.9 Å². The Morgan fingerprint density at radius 1 is 1.31 bits per heavy atom. The van der Waals surface area contributed by atoms with Crippen LogP contribution in [0.15, 0.2) is 28.6 Å². The predicted molar refractivity (Wildman–Crippen MR) is 128 cm³/mol. The van der Waals surface area contributed by atoms with E-state index in [0.29, 0.717) is 11.4 Å². The van der Waals surface area contributed by atoms with Crippen LogP contribution < -0.4 is 11.0 Å². The smallest absolute Gasteiger partial charge is 0.330 e. The highest BCUT2D eigenvalue weighted by Crippen LogP contribution is 2.42. The number of hydrogen-bond acceptors (Lipinski definition) is 5. The maximum absolute atomic E-state index is 12.9. The van der Waals surface area contributed by atoms with Crippen LogP contribution in [0, 0.1) is 10.8 Å². The van der Waals surface area contributed by atoms with Crippen LogP contribution in [0.4, 0.5) is 0 Å².